The van der Waals surface area contributed by atoms with Gasteiger partial charge in [-0.05, 0) is 50.8 Å². The summed E-state index contributed by atoms with van der Waals surface area (Å²) in [4.78, 5) is 32.2. The number of amides is 1. The van der Waals surface area contributed by atoms with Gasteiger partial charge in [0.05, 0.1) is 17.1 Å². The van der Waals surface area contributed by atoms with E-state index in [-0.39, 0.29) is 24.1 Å². The number of rotatable bonds is 5. The molecule has 5 rings (SSSR count). The third-order valence-electron chi connectivity index (χ3n) is 6.92. The number of pyridine rings is 1. The van der Waals surface area contributed by atoms with E-state index < -0.39 is 0 Å². The van der Waals surface area contributed by atoms with Crippen LogP contribution >= 0.6 is 0 Å². The number of aromatic nitrogens is 3. The van der Waals surface area contributed by atoms with Crippen molar-refractivity contribution in [2.45, 2.75) is 64.3 Å². The van der Waals surface area contributed by atoms with Crippen LogP contribution < -0.4 is 10.9 Å². The number of nitrogens with one attached hydrogen (secondary N) is 1. The normalized spacial score (nSPS) is 18.8. The molecule has 8 nitrogen and oxygen atoms in total. The molecule has 0 unspecified atom stereocenters. The molecule has 4 heterocycles. The molecular weight excluding hydrogens is 418 g/mol. The number of aliphatic hydroxyl groups is 1. The van der Waals surface area contributed by atoms with Crippen LogP contribution in [0.3, 0.4) is 0 Å². The fraction of sp³-hybridized carbons (Fsp3) is 0.480. The van der Waals surface area contributed by atoms with Crippen molar-refractivity contribution in [3.05, 3.63) is 58.3 Å². The average Bonchev–Trinajstić information content (AvgIpc) is 3.16. The lowest BCUT2D eigenvalue weighted by Crippen LogP contribution is -2.41. The number of piperidine rings is 1. The van der Waals surface area contributed by atoms with Gasteiger partial charge in [-0.25, -0.2) is 4.98 Å². The summed E-state index contributed by atoms with van der Waals surface area (Å²) < 4.78 is 3.70. The maximum absolute atomic E-state index is 13.2. The van der Waals surface area contributed by atoms with Gasteiger partial charge in [-0.15, -0.1) is 0 Å². The molecule has 174 valence electrons. The van der Waals surface area contributed by atoms with Gasteiger partial charge in [0.2, 0.25) is 5.91 Å². The lowest BCUT2D eigenvalue weighted by Gasteiger charge is -2.30. The Hall–Kier alpha value is -3.13. The number of likely N-dealkylation sites (tertiary alicyclic amines) is 1. The van der Waals surface area contributed by atoms with Crippen LogP contribution in [0, 0.1) is 0 Å². The molecule has 1 saturated heterocycles. The highest BCUT2D eigenvalue weighted by Gasteiger charge is 2.25. The summed E-state index contributed by atoms with van der Waals surface area (Å²) in [6.45, 7) is 4.07. The molecule has 2 aromatic heterocycles. The van der Waals surface area contributed by atoms with E-state index in [4.69, 9.17) is 4.98 Å². The van der Waals surface area contributed by atoms with Crippen LogP contribution in [0.2, 0.25) is 0 Å². The molecule has 2 N–H and O–H groups in total. The standard InChI is InChI=1S/C25H31N5O3/c1-17-5-6-19-20(26-17)7-8-21-25(19)27-22(11-15-28-12-3-2-4-23(28)32)30(21)16-24(33)29-13-9-18(31)10-14-29/h2-4,7-8,12,17-18,26,31H,5-6,9-11,13-16H2,1H3/t17-/m0/s1. The summed E-state index contributed by atoms with van der Waals surface area (Å²) in [5.41, 5.74) is 4.19. The molecule has 1 fully saturated rings. The van der Waals surface area contributed by atoms with Crippen LogP contribution in [0.5, 0.6) is 0 Å². The summed E-state index contributed by atoms with van der Waals surface area (Å²) in [5.74, 6) is 0.863. The zero-order valence-electron chi connectivity index (χ0n) is 19.0. The lowest BCUT2D eigenvalue weighted by atomic mass is 9.98. The molecule has 1 amide bonds. The van der Waals surface area contributed by atoms with Crippen molar-refractivity contribution in [1.29, 1.82) is 0 Å². The topological polar surface area (TPSA) is 92.4 Å². The molecule has 1 aromatic carbocycles. The zero-order valence-corrected chi connectivity index (χ0v) is 19.0. The zero-order chi connectivity index (χ0) is 22.9. The Balaban J connectivity index is 1.49. The van der Waals surface area contributed by atoms with Crippen LogP contribution in [0.15, 0.2) is 41.3 Å². The number of imidazole rings is 1. The van der Waals surface area contributed by atoms with Gasteiger partial charge >= 0.3 is 0 Å². The van der Waals surface area contributed by atoms with Gasteiger partial charge in [-0.1, -0.05) is 6.07 Å². The molecule has 1 atom stereocenters. The van der Waals surface area contributed by atoms with Crippen molar-refractivity contribution in [2.75, 3.05) is 18.4 Å². The van der Waals surface area contributed by atoms with Crippen LogP contribution in [0.1, 0.15) is 37.6 Å². The minimum Gasteiger partial charge on any atom is -0.393 e. The number of aryl methyl sites for hydroxylation is 3. The van der Waals surface area contributed by atoms with Crippen LogP contribution in [0.4, 0.5) is 5.69 Å². The van der Waals surface area contributed by atoms with E-state index in [9.17, 15) is 14.7 Å². The van der Waals surface area contributed by atoms with Gasteiger partial charge in [0.1, 0.15) is 12.4 Å². The smallest absolute Gasteiger partial charge is 0.250 e. The monoisotopic (exact) mass is 449 g/mol. The van der Waals surface area contributed by atoms with Gasteiger partial charge in [0, 0.05) is 55.6 Å². The number of nitrogens with zero attached hydrogens (tertiary/aromatic N) is 4. The van der Waals surface area contributed by atoms with Crippen molar-refractivity contribution in [3.63, 3.8) is 0 Å². The van der Waals surface area contributed by atoms with Gasteiger partial charge in [0.25, 0.3) is 5.56 Å². The number of carbonyl (C=O) groups excluding carboxylic acids is 1. The van der Waals surface area contributed by atoms with Gasteiger partial charge in [-0.3, -0.25) is 9.59 Å². The SMILES string of the molecule is C[C@H]1CCc2c(ccc3c2nc(CCn2ccccc2=O)n3CC(=O)N2CCC(O)CC2)N1. The maximum Gasteiger partial charge on any atom is 0.250 e. The number of hydrogen-bond donors (Lipinski definition) is 2. The number of carbonyl (C=O) groups is 1. The molecule has 8 heteroatoms. The number of benzene rings is 1. The minimum absolute atomic E-state index is 0.0429. The minimum atomic E-state index is -0.315. The molecule has 2 aliphatic rings. The first-order valence-corrected chi connectivity index (χ1v) is 11.9. The first kappa shape index (κ1) is 21.7. The molecule has 0 saturated carbocycles. The second-order valence-corrected chi connectivity index (χ2v) is 9.25. The van der Waals surface area contributed by atoms with Crippen LogP contribution in [-0.4, -0.2) is 55.3 Å². The number of aliphatic hydroxyl groups excluding tert-OH is 1. The molecule has 33 heavy (non-hydrogen) atoms. The Morgan fingerprint density at radius 3 is 2.79 bits per heavy atom. The Morgan fingerprint density at radius 2 is 2.00 bits per heavy atom. The predicted molar refractivity (Wildman–Crippen MR) is 127 cm³/mol. The summed E-state index contributed by atoms with van der Waals surface area (Å²) in [6, 6.07) is 9.72. The maximum atomic E-state index is 13.2. The molecule has 0 bridgehead atoms. The highest BCUT2D eigenvalue weighted by molar-refractivity contribution is 5.87. The van der Waals surface area contributed by atoms with E-state index in [0.717, 1.165) is 35.4 Å². The van der Waals surface area contributed by atoms with Crippen molar-refractivity contribution in [1.82, 2.24) is 19.0 Å². The van der Waals surface area contributed by atoms with Crippen LogP contribution in [0.25, 0.3) is 11.0 Å². The van der Waals surface area contributed by atoms with Crippen molar-refractivity contribution in [2.24, 2.45) is 0 Å². The average molecular weight is 450 g/mol. The van der Waals surface area contributed by atoms with E-state index in [1.54, 1.807) is 22.9 Å². The van der Waals surface area contributed by atoms with E-state index in [1.807, 2.05) is 15.5 Å². The number of hydrogen-bond acceptors (Lipinski definition) is 5. The first-order valence-electron chi connectivity index (χ1n) is 11.9. The summed E-state index contributed by atoms with van der Waals surface area (Å²) in [5, 5.41) is 13.3. The van der Waals surface area contributed by atoms with Crippen molar-refractivity contribution >= 4 is 22.6 Å². The van der Waals surface area contributed by atoms with Gasteiger partial charge in [-0.2, -0.15) is 0 Å². The second-order valence-electron chi connectivity index (χ2n) is 9.25. The third-order valence-corrected chi connectivity index (χ3v) is 6.92. The third kappa shape index (κ3) is 4.39. The molecule has 3 aromatic rings. The summed E-state index contributed by atoms with van der Waals surface area (Å²) in [7, 11) is 0. The Kier molecular flexibility index (Phi) is 5.93. The summed E-state index contributed by atoms with van der Waals surface area (Å²) in [6.07, 6.45) is 5.27. The molecule has 0 radical (unpaired) electrons. The first-order chi connectivity index (χ1) is 16.0. The molecule has 0 aliphatic carbocycles. The quantitative estimate of drug-likeness (QED) is 0.623. The van der Waals surface area contributed by atoms with E-state index in [0.29, 0.717) is 44.9 Å². The van der Waals surface area contributed by atoms with Crippen LogP contribution in [-0.2, 0) is 30.7 Å². The fourth-order valence-corrected chi connectivity index (χ4v) is 4.97. The molecular formula is C25H31N5O3. The van der Waals surface area contributed by atoms with Crippen molar-refractivity contribution < 1.29 is 9.90 Å². The van der Waals surface area contributed by atoms with Gasteiger partial charge < -0.3 is 24.5 Å². The molecule has 2 aliphatic heterocycles. The van der Waals surface area contributed by atoms with E-state index >= 15 is 0 Å². The predicted octanol–water partition coefficient (Wildman–Crippen LogP) is 2.17. The summed E-state index contributed by atoms with van der Waals surface area (Å²) >= 11 is 0. The Bertz CT molecular complexity index is 1220. The lowest BCUT2D eigenvalue weighted by molar-refractivity contribution is -0.133. The van der Waals surface area contributed by atoms with E-state index in [2.05, 4.69) is 24.4 Å². The highest BCUT2D eigenvalue weighted by atomic mass is 16.3. The highest BCUT2D eigenvalue weighted by Crippen LogP contribution is 2.32. The second kappa shape index (κ2) is 9.02. The number of anilines is 1. The van der Waals surface area contributed by atoms with Crippen molar-refractivity contribution in [3.8, 4) is 0 Å². The van der Waals surface area contributed by atoms with E-state index in [1.165, 1.54) is 5.56 Å². The Morgan fingerprint density at radius 1 is 1.18 bits per heavy atom. The molecule has 0 spiro atoms. The van der Waals surface area contributed by atoms with Gasteiger partial charge in [0.15, 0.2) is 0 Å². The largest absolute Gasteiger partial charge is 0.393 e. The number of fused-ring (bicyclic) bond motifs is 3. The fourth-order valence-electron chi connectivity index (χ4n) is 4.97. The Labute approximate surface area is 192 Å².